The summed E-state index contributed by atoms with van der Waals surface area (Å²) in [7, 11) is 1.74. The van der Waals surface area contributed by atoms with Crippen LogP contribution in [0.15, 0.2) is 36.4 Å². The van der Waals surface area contributed by atoms with E-state index in [0.29, 0.717) is 30.3 Å². The lowest BCUT2D eigenvalue weighted by Gasteiger charge is -2.40. The summed E-state index contributed by atoms with van der Waals surface area (Å²) in [5, 5.41) is 25.7. The molecule has 260 valence electrons. The van der Waals surface area contributed by atoms with Crippen LogP contribution in [0.2, 0.25) is 5.02 Å². The summed E-state index contributed by atoms with van der Waals surface area (Å²) in [6.45, 7) is 2.68. The van der Waals surface area contributed by atoms with Gasteiger partial charge in [-0.05, 0) is 75.7 Å². The Labute approximate surface area is 286 Å². The summed E-state index contributed by atoms with van der Waals surface area (Å²) in [6.07, 6.45) is 3.05. The van der Waals surface area contributed by atoms with Gasteiger partial charge in [-0.1, -0.05) is 23.7 Å². The maximum absolute atomic E-state index is 16.9. The number of rotatable bonds is 8. The van der Waals surface area contributed by atoms with Crippen LogP contribution in [0.4, 0.5) is 23.4 Å². The number of aromatic nitrogens is 2. The standard InChI is InChI=1S/C36H38ClF4N5O3/c1-34-10-9-20(44-34)14-46(16-34)32-23-13-25(38)29(22-12-21(47)11-19-5-3-6-24(37)28(19)22)30(39)31(23)42-33(43-32)49-18-35(15-36(35,40)41)17-45(2)26-7-4-8-27(26)48/h3,5-6,11-13,20,26-27,44,47-48H,4,7-10,14-18H2,1-2H3/t20-,26-,27-,34+,35-/m1/s1. The molecule has 3 heterocycles. The Bertz CT molecular complexity index is 1990. The number of hydrogen-bond donors (Lipinski definition) is 3. The Morgan fingerprint density at radius 2 is 1.94 bits per heavy atom. The van der Waals surface area contributed by atoms with Gasteiger partial charge < -0.3 is 25.2 Å². The number of ether oxygens (including phenoxy) is 1. The molecule has 49 heavy (non-hydrogen) atoms. The van der Waals surface area contributed by atoms with Crippen LogP contribution in [0.3, 0.4) is 0 Å². The minimum atomic E-state index is -3.01. The number of nitrogens with one attached hydrogen (secondary N) is 1. The zero-order valence-corrected chi connectivity index (χ0v) is 28.0. The molecule has 8 rings (SSSR count). The van der Waals surface area contributed by atoms with Crippen LogP contribution >= 0.6 is 11.6 Å². The third kappa shape index (κ3) is 5.55. The van der Waals surface area contributed by atoms with E-state index in [1.807, 2.05) is 4.90 Å². The molecule has 1 aromatic heterocycles. The molecule has 3 N–H and O–H groups in total. The number of fused-ring (bicyclic) bond motifs is 4. The van der Waals surface area contributed by atoms with Crippen LogP contribution in [0.5, 0.6) is 11.8 Å². The van der Waals surface area contributed by atoms with Crippen molar-refractivity contribution >= 4 is 39.1 Å². The lowest BCUT2D eigenvalue weighted by molar-refractivity contribution is 0.00647. The molecule has 2 aliphatic carbocycles. The fourth-order valence-corrected chi connectivity index (χ4v) is 8.85. The van der Waals surface area contributed by atoms with Gasteiger partial charge >= 0.3 is 6.01 Å². The predicted molar refractivity (Wildman–Crippen MR) is 180 cm³/mol. The zero-order chi connectivity index (χ0) is 34.5. The van der Waals surface area contributed by atoms with Gasteiger partial charge in [0.15, 0.2) is 5.82 Å². The van der Waals surface area contributed by atoms with E-state index in [0.717, 1.165) is 25.7 Å². The highest BCUT2D eigenvalue weighted by molar-refractivity contribution is 6.36. The Balaban J connectivity index is 1.23. The van der Waals surface area contributed by atoms with Crippen LogP contribution in [0, 0.1) is 17.0 Å². The first kappa shape index (κ1) is 32.7. The first-order valence-corrected chi connectivity index (χ1v) is 17.2. The zero-order valence-electron chi connectivity index (χ0n) is 27.2. The van der Waals surface area contributed by atoms with Crippen LogP contribution in [-0.2, 0) is 0 Å². The number of phenolic OH excluding ortho intramolecular Hbond substituents is 1. The Kier molecular flexibility index (Phi) is 7.71. The molecule has 2 saturated carbocycles. The average Bonchev–Trinajstić information content (AvgIpc) is 3.27. The lowest BCUT2D eigenvalue weighted by atomic mass is 9.95. The third-order valence-electron chi connectivity index (χ3n) is 11.2. The monoisotopic (exact) mass is 699 g/mol. The third-order valence-corrected chi connectivity index (χ3v) is 11.5. The van der Waals surface area contributed by atoms with Gasteiger partial charge in [0.25, 0.3) is 5.92 Å². The quantitative estimate of drug-likeness (QED) is 0.176. The number of aliphatic hydroxyl groups excluding tert-OH is 1. The molecule has 0 unspecified atom stereocenters. The van der Waals surface area contributed by atoms with Crippen molar-refractivity contribution in [3.8, 4) is 22.9 Å². The molecule has 5 atom stereocenters. The first-order valence-electron chi connectivity index (χ1n) is 16.8. The van der Waals surface area contributed by atoms with Crippen LogP contribution in [-0.4, -0.2) is 88.0 Å². The topological polar surface area (TPSA) is 94.0 Å². The molecule has 4 aliphatic rings. The highest BCUT2D eigenvalue weighted by Crippen LogP contribution is 2.61. The van der Waals surface area contributed by atoms with Crippen molar-refractivity contribution in [2.24, 2.45) is 5.41 Å². The Morgan fingerprint density at radius 3 is 2.65 bits per heavy atom. The number of nitrogens with zero attached hydrogens (tertiary/aromatic N) is 4. The highest BCUT2D eigenvalue weighted by Gasteiger charge is 2.72. The maximum atomic E-state index is 16.9. The number of aromatic hydroxyl groups is 1. The number of anilines is 1. The normalized spacial score (nSPS) is 29.0. The number of likely N-dealkylation sites (N-methyl/N-ethyl adjacent to an activating group) is 1. The molecule has 4 aromatic rings. The van der Waals surface area contributed by atoms with Crippen molar-refractivity contribution in [2.45, 2.75) is 75.1 Å². The van der Waals surface area contributed by atoms with Gasteiger partial charge in [-0.15, -0.1) is 0 Å². The smallest absolute Gasteiger partial charge is 0.319 e. The van der Waals surface area contributed by atoms with Gasteiger partial charge in [-0.3, -0.25) is 4.90 Å². The predicted octanol–water partition coefficient (Wildman–Crippen LogP) is 6.67. The van der Waals surface area contributed by atoms with E-state index >= 15 is 17.6 Å². The first-order chi connectivity index (χ1) is 23.3. The lowest BCUT2D eigenvalue weighted by Crippen LogP contribution is -2.58. The van der Waals surface area contributed by atoms with Crippen molar-refractivity contribution < 1.29 is 32.5 Å². The summed E-state index contributed by atoms with van der Waals surface area (Å²) in [5.74, 6) is -4.86. The van der Waals surface area contributed by atoms with Crippen LogP contribution in [0.25, 0.3) is 32.8 Å². The maximum Gasteiger partial charge on any atom is 0.319 e. The number of piperazine rings is 1. The van der Waals surface area contributed by atoms with Crippen molar-refractivity contribution in [1.29, 1.82) is 0 Å². The van der Waals surface area contributed by atoms with E-state index in [4.69, 9.17) is 16.3 Å². The van der Waals surface area contributed by atoms with E-state index < -0.39 is 47.7 Å². The van der Waals surface area contributed by atoms with Crippen LogP contribution in [0.1, 0.15) is 45.4 Å². The number of phenols is 1. The van der Waals surface area contributed by atoms with Gasteiger partial charge in [-0.25, -0.2) is 17.6 Å². The van der Waals surface area contributed by atoms with E-state index in [1.54, 1.807) is 30.1 Å². The summed E-state index contributed by atoms with van der Waals surface area (Å²) in [6, 6.07) is 8.48. The number of alkyl halides is 2. The molecule has 2 saturated heterocycles. The summed E-state index contributed by atoms with van der Waals surface area (Å²) >= 11 is 6.52. The largest absolute Gasteiger partial charge is 0.508 e. The molecular formula is C36H38ClF4N5O3. The Hall–Kier alpha value is -3.45. The molecule has 0 radical (unpaired) electrons. The fraction of sp³-hybridized carbons (Fsp3) is 0.500. The highest BCUT2D eigenvalue weighted by atomic mass is 35.5. The molecule has 0 amide bonds. The van der Waals surface area contributed by atoms with E-state index in [-0.39, 0.29) is 63.2 Å². The van der Waals surface area contributed by atoms with Crippen molar-refractivity contribution in [1.82, 2.24) is 20.2 Å². The number of hydrogen-bond acceptors (Lipinski definition) is 8. The number of aliphatic hydroxyl groups is 1. The fourth-order valence-electron chi connectivity index (χ4n) is 8.57. The van der Waals surface area contributed by atoms with Crippen molar-refractivity contribution in [3.05, 3.63) is 53.1 Å². The molecule has 4 fully saturated rings. The molecule has 0 spiro atoms. The van der Waals surface area contributed by atoms with E-state index in [9.17, 15) is 10.2 Å². The molecular weight excluding hydrogens is 662 g/mol. The minimum absolute atomic E-state index is 0.00491. The summed E-state index contributed by atoms with van der Waals surface area (Å²) in [4.78, 5) is 12.8. The molecule has 8 nitrogen and oxygen atoms in total. The van der Waals surface area contributed by atoms with Crippen LogP contribution < -0.4 is 15.0 Å². The van der Waals surface area contributed by atoms with Crippen molar-refractivity contribution in [3.63, 3.8) is 0 Å². The second-order valence-electron chi connectivity index (χ2n) is 14.9. The van der Waals surface area contributed by atoms with E-state index in [1.165, 1.54) is 18.2 Å². The van der Waals surface area contributed by atoms with Gasteiger partial charge in [0.2, 0.25) is 0 Å². The van der Waals surface area contributed by atoms with Crippen molar-refractivity contribution in [2.75, 3.05) is 38.2 Å². The number of halogens is 5. The SMILES string of the molecule is CN(C[C@@]1(COc2nc(N3C[C@H]4CC[C@@](C)(C3)N4)c3cc(F)c(-c4cc(O)cc5cccc(Cl)c45)c(F)c3n2)CC1(F)F)[C@@H]1CCC[C@H]1O. The summed E-state index contributed by atoms with van der Waals surface area (Å²) in [5.41, 5.74) is -2.41. The molecule has 3 aromatic carbocycles. The van der Waals surface area contributed by atoms with Gasteiger partial charge in [0, 0.05) is 65.0 Å². The summed E-state index contributed by atoms with van der Waals surface area (Å²) < 4.78 is 69.2. The second kappa shape index (κ2) is 11.5. The van der Waals surface area contributed by atoms with Gasteiger partial charge in [0.1, 0.15) is 29.5 Å². The number of benzene rings is 3. The minimum Gasteiger partial charge on any atom is -0.508 e. The Morgan fingerprint density at radius 1 is 1.14 bits per heavy atom. The van der Waals surface area contributed by atoms with Gasteiger partial charge in [-0.2, -0.15) is 9.97 Å². The van der Waals surface area contributed by atoms with Gasteiger partial charge in [0.05, 0.1) is 17.1 Å². The average molecular weight is 700 g/mol. The second-order valence-corrected chi connectivity index (χ2v) is 15.3. The molecule has 2 bridgehead atoms. The van der Waals surface area contributed by atoms with E-state index in [2.05, 4.69) is 22.2 Å². The molecule has 13 heteroatoms. The molecule has 2 aliphatic heterocycles.